The lowest BCUT2D eigenvalue weighted by atomic mass is 10.00. The number of oxazole rings is 1. The highest BCUT2D eigenvalue weighted by Crippen LogP contribution is 2.44. The van der Waals surface area contributed by atoms with Gasteiger partial charge in [-0.2, -0.15) is 0 Å². The van der Waals surface area contributed by atoms with E-state index in [1.165, 1.54) is 36.3 Å². The minimum atomic E-state index is 0.561. The third-order valence-electron chi connectivity index (χ3n) is 8.94. The average Bonchev–Trinajstić information content (AvgIpc) is 3.77. The zero-order valence-corrected chi connectivity index (χ0v) is 26.3. The summed E-state index contributed by atoms with van der Waals surface area (Å²) in [6.45, 7) is 0. The van der Waals surface area contributed by atoms with Crippen molar-refractivity contribution >= 4 is 64.2 Å². The van der Waals surface area contributed by atoms with Crippen LogP contribution in [0.2, 0.25) is 0 Å². The Balaban J connectivity index is 1.11. The average molecular weight is 633 g/mol. The molecule has 0 fully saturated rings. The molecule has 5 nitrogen and oxygen atoms in total. The van der Waals surface area contributed by atoms with Crippen LogP contribution in [0.3, 0.4) is 0 Å². The predicted octanol–water partition coefficient (Wildman–Crippen LogP) is 11.4. The van der Waals surface area contributed by atoms with Gasteiger partial charge in [-0.05, 0) is 40.4 Å². The van der Waals surface area contributed by atoms with Gasteiger partial charge in [0, 0.05) is 47.8 Å². The number of aromatic nitrogens is 4. The maximum atomic E-state index is 6.64. The van der Waals surface area contributed by atoms with E-state index in [0.717, 1.165) is 38.7 Å². The van der Waals surface area contributed by atoms with Crippen LogP contribution in [-0.4, -0.2) is 19.9 Å². The van der Waals surface area contributed by atoms with Gasteiger partial charge in [0.15, 0.2) is 23.1 Å². The third-order valence-corrected chi connectivity index (χ3v) is 10.1. The fraction of sp³-hybridized carbons (Fsp3) is 0. The minimum absolute atomic E-state index is 0.561. The van der Waals surface area contributed by atoms with E-state index < -0.39 is 0 Å². The number of hydrogen-bond donors (Lipinski definition) is 0. The number of hydrogen-bond acceptors (Lipinski definition) is 6. The highest BCUT2D eigenvalue weighted by atomic mass is 32.1. The second kappa shape index (κ2) is 10.7. The maximum absolute atomic E-state index is 6.64. The zero-order chi connectivity index (χ0) is 31.6. The van der Waals surface area contributed by atoms with Crippen LogP contribution >= 0.6 is 11.3 Å². The summed E-state index contributed by atoms with van der Waals surface area (Å²) in [6, 6.07) is 49.8. The van der Waals surface area contributed by atoms with Gasteiger partial charge in [-0.15, -0.1) is 11.3 Å². The van der Waals surface area contributed by atoms with Crippen molar-refractivity contribution in [2.45, 2.75) is 0 Å². The highest BCUT2D eigenvalue weighted by molar-refractivity contribution is 7.26. The molecule has 6 heteroatoms. The van der Waals surface area contributed by atoms with Crippen molar-refractivity contribution in [1.82, 2.24) is 19.9 Å². The van der Waals surface area contributed by atoms with Gasteiger partial charge in [0.2, 0.25) is 5.89 Å². The second-order valence-corrected chi connectivity index (χ2v) is 12.9. The topological polar surface area (TPSA) is 64.7 Å². The molecule has 0 spiro atoms. The van der Waals surface area contributed by atoms with Gasteiger partial charge in [0.05, 0.1) is 0 Å². The smallest absolute Gasteiger partial charge is 0.227 e. The molecule has 3 aromatic heterocycles. The van der Waals surface area contributed by atoms with E-state index in [-0.39, 0.29) is 0 Å². The van der Waals surface area contributed by atoms with E-state index in [1.807, 2.05) is 96.3 Å². The van der Waals surface area contributed by atoms with Crippen molar-refractivity contribution in [1.29, 1.82) is 0 Å². The molecule has 0 bridgehead atoms. The monoisotopic (exact) mass is 632 g/mol. The first-order valence-electron chi connectivity index (χ1n) is 15.8. The molecule has 48 heavy (non-hydrogen) atoms. The van der Waals surface area contributed by atoms with E-state index in [0.29, 0.717) is 23.4 Å². The molecule has 10 aromatic rings. The molecule has 0 saturated heterocycles. The van der Waals surface area contributed by atoms with Crippen LogP contribution in [0.15, 0.2) is 150 Å². The first kappa shape index (κ1) is 26.9. The summed E-state index contributed by atoms with van der Waals surface area (Å²) in [5.74, 6) is 2.40. The number of thiophene rings is 1. The van der Waals surface area contributed by atoms with Gasteiger partial charge >= 0.3 is 0 Å². The van der Waals surface area contributed by atoms with E-state index in [1.54, 1.807) is 0 Å². The van der Waals surface area contributed by atoms with Crippen molar-refractivity contribution in [3.63, 3.8) is 0 Å². The molecule has 0 unspecified atom stereocenters. The molecular weight excluding hydrogens is 609 g/mol. The molecule has 0 aliphatic heterocycles. The Bertz CT molecular complexity index is 2780. The third kappa shape index (κ3) is 4.31. The zero-order valence-electron chi connectivity index (χ0n) is 25.5. The summed E-state index contributed by atoms with van der Waals surface area (Å²) in [5.41, 5.74) is 5.21. The Kier molecular flexibility index (Phi) is 5.98. The van der Waals surface area contributed by atoms with Crippen LogP contribution in [0.1, 0.15) is 0 Å². The molecule has 0 amide bonds. The first-order valence-corrected chi connectivity index (χ1v) is 16.6. The summed E-state index contributed by atoms with van der Waals surface area (Å²) < 4.78 is 9.08. The number of fused-ring (bicyclic) bond motifs is 9. The molecule has 3 heterocycles. The Morgan fingerprint density at radius 2 is 1.06 bits per heavy atom. The molecule has 0 aliphatic rings. The van der Waals surface area contributed by atoms with Crippen molar-refractivity contribution < 1.29 is 4.42 Å². The van der Waals surface area contributed by atoms with Crippen LogP contribution in [0.4, 0.5) is 0 Å². The van der Waals surface area contributed by atoms with Crippen molar-refractivity contribution in [3.8, 4) is 45.6 Å². The highest BCUT2D eigenvalue weighted by Gasteiger charge is 2.18. The lowest BCUT2D eigenvalue weighted by Gasteiger charge is -2.08. The van der Waals surface area contributed by atoms with Crippen LogP contribution in [0, 0.1) is 0 Å². The normalized spacial score (nSPS) is 11.8. The van der Waals surface area contributed by atoms with E-state index >= 15 is 0 Å². The largest absolute Gasteiger partial charge is 0.435 e. The fourth-order valence-electron chi connectivity index (χ4n) is 6.64. The first-order chi connectivity index (χ1) is 23.8. The fourth-order valence-corrected chi connectivity index (χ4v) is 7.87. The minimum Gasteiger partial charge on any atom is -0.435 e. The molecular formula is C42H24N4OS. The van der Waals surface area contributed by atoms with Crippen molar-refractivity contribution in [3.05, 3.63) is 146 Å². The Labute approximate surface area is 278 Å². The van der Waals surface area contributed by atoms with Gasteiger partial charge in [0.1, 0.15) is 5.52 Å². The van der Waals surface area contributed by atoms with Crippen LogP contribution < -0.4 is 0 Å². The van der Waals surface area contributed by atoms with E-state index in [2.05, 4.69) is 60.7 Å². The maximum Gasteiger partial charge on any atom is 0.227 e. The molecule has 224 valence electrons. The summed E-state index contributed by atoms with van der Waals surface area (Å²) in [4.78, 5) is 19.6. The number of benzene rings is 7. The Morgan fingerprint density at radius 3 is 1.83 bits per heavy atom. The summed E-state index contributed by atoms with van der Waals surface area (Å²) in [5, 5.41) is 7.34. The van der Waals surface area contributed by atoms with Crippen LogP contribution in [0.5, 0.6) is 0 Å². The molecule has 0 aliphatic carbocycles. The molecule has 0 saturated carbocycles. The molecule has 0 radical (unpaired) electrons. The van der Waals surface area contributed by atoms with Crippen molar-refractivity contribution in [2.75, 3.05) is 0 Å². The standard InChI is InChI=1S/C42H24N4OS/c1-3-11-26(12-4-1)39-44-40(27-13-5-2-6-14-27)46-41(45-39)28-15-9-16-29(24-28)42-43-34-22-23-35-36(37(34)47-42)33-21-20-31-30-17-8-7-10-25(30)18-19-32(31)38(33)48-35/h1-24H. The van der Waals surface area contributed by atoms with Gasteiger partial charge in [0.25, 0.3) is 0 Å². The summed E-state index contributed by atoms with van der Waals surface area (Å²) >= 11 is 1.81. The van der Waals surface area contributed by atoms with Gasteiger partial charge < -0.3 is 4.42 Å². The second-order valence-electron chi connectivity index (χ2n) is 11.9. The van der Waals surface area contributed by atoms with Gasteiger partial charge in [-0.3, -0.25) is 0 Å². The SMILES string of the molecule is c1ccc(-c2nc(-c3ccccc3)nc(-c3cccc(-c4nc5ccc6sc7c8ccc9ccccc9c8ccc7c6c5o4)c3)n2)cc1. The predicted molar refractivity (Wildman–Crippen MR) is 197 cm³/mol. The summed E-state index contributed by atoms with van der Waals surface area (Å²) in [7, 11) is 0. The molecule has 0 atom stereocenters. The summed E-state index contributed by atoms with van der Waals surface area (Å²) in [6.07, 6.45) is 0. The quantitative estimate of drug-likeness (QED) is 0.181. The molecule has 0 N–H and O–H groups in total. The lowest BCUT2D eigenvalue weighted by Crippen LogP contribution is -2.00. The Hall–Kier alpha value is -6.24. The Morgan fingerprint density at radius 1 is 0.438 bits per heavy atom. The molecule has 7 aromatic carbocycles. The van der Waals surface area contributed by atoms with Gasteiger partial charge in [-0.1, -0.05) is 121 Å². The van der Waals surface area contributed by atoms with E-state index in [9.17, 15) is 0 Å². The lowest BCUT2D eigenvalue weighted by molar-refractivity contribution is 0.623. The van der Waals surface area contributed by atoms with Gasteiger partial charge in [-0.25, -0.2) is 19.9 Å². The van der Waals surface area contributed by atoms with Crippen LogP contribution in [-0.2, 0) is 0 Å². The van der Waals surface area contributed by atoms with Crippen molar-refractivity contribution in [2.24, 2.45) is 0 Å². The number of rotatable bonds is 4. The van der Waals surface area contributed by atoms with E-state index in [4.69, 9.17) is 24.4 Å². The molecule has 10 rings (SSSR count). The number of nitrogens with zero attached hydrogens (tertiary/aromatic N) is 4. The van der Waals surface area contributed by atoms with Crippen LogP contribution in [0.25, 0.3) is 98.4 Å².